The quantitative estimate of drug-likeness (QED) is 0.0748. The minimum Gasteiger partial charge on any atom is -0.394 e. The summed E-state index contributed by atoms with van der Waals surface area (Å²) in [4.78, 5) is 10.6. The van der Waals surface area contributed by atoms with Crippen molar-refractivity contribution >= 4 is 5.91 Å². The van der Waals surface area contributed by atoms with Gasteiger partial charge in [-0.3, -0.25) is 4.79 Å². The fraction of sp³-hybridized carbons (Fsp3) is 0.969. The summed E-state index contributed by atoms with van der Waals surface area (Å²) in [6.07, 6.45) is 8.26. The Labute approximate surface area is 268 Å². The summed E-state index contributed by atoms with van der Waals surface area (Å²) in [6.45, 7) is 0.937. The SMILES string of the molecule is CCCCCCCCCCCCCCCCCCCC(N)=O.OC[C@H]1O[C@@H](O[C@H]2[C@H](O)[C@@H](O)C(O)O[C@@H]2CO)[C@H](O)[C@@H](O)[C@H]1O. The zero-order chi connectivity index (χ0) is 33.6. The van der Waals surface area contributed by atoms with Gasteiger partial charge in [0.1, 0.15) is 48.8 Å². The molecule has 10 N–H and O–H groups in total. The summed E-state index contributed by atoms with van der Waals surface area (Å²) in [5.41, 5.74) is 5.12. The number of hydrogen-bond acceptors (Lipinski definition) is 12. The molecule has 0 aromatic heterocycles. The first-order chi connectivity index (χ1) is 21.6. The molecule has 0 aromatic rings. The number of carbonyl (C=O) groups is 1. The van der Waals surface area contributed by atoms with E-state index in [2.05, 4.69) is 6.92 Å². The Kier molecular flexibility index (Phi) is 23.5. The number of primary amides is 1. The third kappa shape index (κ3) is 16.6. The van der Waals surface area contributed by atoms with Gasteiger partial charge in [0.2, 0.25) is 5.91 Å². The Morgan fingerprint density at radius 1 is 0.578 bits per heavy atom. The molecule has 45 heavy (non-hydrogen) atoms. The second-order valence-electron chi connectivity index (χ2n) is 12.4. The van der Waals surface area contributed by atoms with Crippen molar-refractivity contribution in [3.8, 4) is 0 Å². The number of rotatable bonds is 22. The standard InChI is InChI=1S/C20H41NO.C12H22O11/c1-2-3-4-5-6-7-8-9-10-11-12-13-14-15-16-17-18-19-20(21)22;13-1-3-5(15)6(16)9(19)12(22-3)23-10-4(2-14)21-11(20)8(18)7(10)17/h2-19H2,1H3,(H2,21,22);3-20H,1-2H2/t;3-,4-,5+,6+,7-,8-,9-,10-,11?,12+/m.1/s1. The van der Waals surface area contributed by atoms with E-state index in [-0.39, 0.29) is 5.91 Å². The molecule has 2 aliphatic rings. The smallest absolute Gasteiger partial charge is 0.217 e. The minimum absolute atomic E-state index is 0.152. The molecule has 13 nitrogen and oxygen atoms in total. The highest BCUT2D eigenvalue weighted by molar-refractivity contribution is 5.73. The lowest BCUT2D eigenvalue weighted by molar-refractivity contribution is -0.355. The maximum absolute atomic E-state index is 10.6. The Balaban J connectivity index is 0.000000451. The van der Waals surface area contributed by atoms with Crippen LogP contribution in [0.5, 0.6) is 0 Å². The van der Waals surface area contributed by atoms with E-state index in [0.717, 1.165) is 6.42 Å². The van der Waals surface area contributed by atoms with Crippen LogP contribution in [0.15, 0.2) is 0 Å². The third-order valence-electron chi connectivity index (χ3n) is 8.51. The summed E-state index contributed by atoms with van der Waals surface area (Å²) in [5.74, 6) is -0.152. The van der Waals surface area contributed by atoms with Gasteiger partial charge in [0, 0.05) is 6.42 Å². The van der Waals surface area contributed by atoms with Crippen LogP contribution >= 0.6 is 0 Å². The Hall–Kier alpha value is -0.970. The maximum Gasteiger partial charge on any atom is 0.217 e. The van der Waals surface area contributed by atoms with E-state index in [1.165, 1.54) is 103 Å². The van der Waals surface area contributed by atoms with Crippen molar-refractivity contribution in [1.82, 2.24) is 0 Å². The molecule has 2 rings (SSSR count). The van der Waals surface area contributed by atoms with Crippen molar-refractivity contribution in [2.45, 2.75) is 184 Å². The van der Waals surface area contributed by atoms with Crippen molar-refractivity contribution in [2.75, 3.05) is 13.2 Å². The number of hydrogen-bond donors (Lipinski definition) is 9. The van der Waals surface area contributed by atoms with Gasteiger partial charge in [0.25, 0.3) is 0 Å². The molecule has 1 amide bonds. The number of aliphatic hydroxyl groups is 8. The summed E-state index contributed by atoms with van der Waals surface area (Å²) < 4.78 is 15.3. The van der Waals surface area contributed by atoms with Crippen molar-refractivity contribution < 1.29 is 59.9 Å². The lowest BCUT2D eigenvalue weighted by Crippen LogP contribution is -2.64. The van der Waals surface area contributed by atoms with Crippen LogP contribution in [0.3, 0.4) is 0 Å². The van der Waals surface area contributed by atoms with Crippen LogP contribution < -0.4 is 5.73 Å². The van der Waals surface area contributed by atoms with Crippen LogP contribution in [0.25, 0.3) is 0 Å². The lowest BCUT2D eigenvalue weighted by Gasteiger charge is -2.45. The van der Waals surface area contributed by atoms with Crippen LogP contribution in [-0.4, -0.2) is 121 Å². The van der Waals surface area contributed by atoms with Crippen LogP contribution in [-0.2, 0) is 19.0 Å². The molecule has 2 saturated heterocycles. The fourth-order valence-corrected chi connectivity index (χ4v) is 5.59. The summed E-state index contributed by atoms with van der Waals surface area (Å²) in [7, 11) is 0. The van der Waals surface area contributed by atoms with Gasteiger partial charge in [0.15, 0.2) is 12.6 Å². The summed E-state index contributed by atoms with van der Waals surface area (Å²) in [5, 5.41) is 76.5. The normalized spacial score (nSPS) is 31.8. The van der Waals surface area contributed by atoms with Gasteiger partial charge >= 0.3 is 0 Å². The number of nitrogens with two attached hydrogens (primary N) is 1. The minimum atomic E-state index is -1.74. The monoisotopic (exact) mass is 653 g/mol. The third-order valence-corrected chi connectivity index (χ3v) is 8.51. The molecule has 0 saturated carbocycles. The van der Waals surface area contributed by atoms with E-state index in [1.807, 2.05) is 0 Å². The maximum atomic E-state index is 10.6. The highest BCUT2D eigenvalue weighted by atomic mass is 16.7. The molecule has 0 radical (unpaired) electrons. The zero-order valence-electron chi connectivity index (χ0n) is 27.2. The molecule has 268 valence electrons. The first-order valence-corrected chi connectivity index (χ1v) is 17.1. The predicted octanol–water partition coefficient (Wildman–Crippen LogP) is 1.12. The number of carbonyl (C=O) groups excluding carboxylic acids is 1. The van der Waals surface area contributed by atoms with Gasteiger partial charge in [-0.25, -0.2) is 0 Å². The van der Waals surface area contributed by atoms with E-state index in [4.69, 9.17) is 25.1 Å². The van der Waals surface area contributed by atoms with Gasteiger partial charge < -0.3 is 60.8 Å². The fourth-order valence-electron chi connectivity index (χ4n) is 5.59. The topological polar surface area (TPSA) is 233 Å². The van der Waals surface area contributed by atoms with Crippen molar-refractivity contribution in [1.29, 1.82) is 0 Å². The second kappa shape index (κ2) is 25.1. The lowest BCUT2D eigenvalue weighted by atomic mass is 9.97. The number of aliphatic hydroxyl groups excluding tert-OH is 8. The Bertz CT molecular complexity index is 730. The summed E-state index contributed by atoms with van der Waals surface area (Å²) >= 11 is 0. The number of amides is 1. The van der Waals surface area contributed by atoms with E-state index in [9.17, 15) is 40.5 Å². The Morgan fingerprint density at radius 3 is 1.44 bits per heavy atom. The highest BCUT2D eigenvalue weighted by Crippen LogP contribution is 2.28. The van der Waals surface area contributed by atoms with E-state index in [0.29, 0.717) is 6.42 Å². The zero-order valence-corrected chi connectivity index (χ0v) is 27.2. The molecule has 2 fully saturated rings. The highest BCUT2D eigenvalue weighted by Gasteiger charge is 2.50. The largest absolute Gasteiger partial charge is 0.394 e. The van der Waals surface area contributed by atoms with Gasteiger partial charge in [-0.05, 0) is 6.42 Å². The first kappa shape index (κ1) is 42.1. The number of ether oxygens (including phenoxy) is 3. The van der Waals surface area contributed by atoms with E-state index < -0.39 is 74.6 Å². The van der Waals surface area contributed by atoms with Crippen LogP contribution in [0.4, 0.5) is 0 Å². The van der Waals surface area contributed by atoms with E-state index in [1.54, 1.807) is 0 Å². The van der Waals surface area contributed by atoms with Crippen molar-refractivity contribution in [3.63, 3.8) is 0 Å². The predicted molar refractivity (Wildman–Crippen MR) is 167 cm³/mol. The molecule has 0 aromatic carbocycles. The summed E-state index contributed by atoms with van der Waals surface area (Å²) in [6, 6.07) is 0. The van der Waals surface area contributed by atoms with Gasteiger partial charge in [0.05, 0.1) is 13.2 Å². The molecule has 0 bridgehead atoms. The Morgan fingerprint density at radius 2 is 1.02 bits per heavy atom. The van der Waals surface area contributed by atoms with Crippen LogP contribution in [0.2, 0.25) is 0 Å². The molecule has 13 heteroatoms. The molecular formula is C32H63NO12. The molecular weight excluding hydrogens is 590 g/mol. The first-order valence-electron chi connectivity index (χ1n) is 17.1. The number of unbranched alkanes of at least 4 members (excludes halogenated alkanes) is 16. The van der Waals surface area contributed by atoms with Gasteiger partial charge in [-0.1, -0.05) is 110 Å². The average Bonchev–Trinajstić information content (AvgIpc) is 3.02. The van der Waals surface area contributed by atoms with Gasteiger partial charge in [-0.15, -0.1) is 0 Å². The second-order valence-corrected chi connectivity index (χ2v) is 12.4. The van der Waals surface area contributed by atoms with Gasteiger partial charge in [-0.2, -0.15) is 0 Å². The molecule has 0 spiro atoms. The van der Waals surface area contributed by atoms with Crippen molar-refractivity contribution in [3.05, 3.63) is 0 Å². The molecule has 1 unspecified atom stereocenters. The van der Waals surface area contributed by atoms with Crippen molar-refractivity contribution in [2.24, 2.45) is 5.73 Å². The molecule has 2 aliphatic heterocycles. The average molecular weight is 654 g/mol. The molecule has 2 heterocycles. The van der Waals surface area contributed by atoms with Crippen LogP contribution in [0, 0.1) is 0 Å². The molecule has 10 atom stereocenters. The molecule has 0 aliphatic carbocycles. The van der Waals surface area contributed by atoms with Crippen LogP contribution in [0.1, 0.15) is 122 Å². The van der Waals surface area contributed by atoms with E-state index >= 15 is 0 Å².